The molecule has 1 unspecified atom stereocenters. The topological polar surface area (TPSA) is 71.1 Å². The molecule has 1 aromatic carbocycles. The van der Waals surface area contributed by atoms with E-state index in [-0.39, 0.29) is 17.9 Å². The molecule has 0 bridgehead atoms. The van der Waals surface area contributed by atoms with Gasteiger partial charge in [-0.1, -0.05) is 30.3 Å². The zero-order valence-corrected chi connectivity index (χ0v) is 13.8. The number of nitrogens with one attached hydrogen (secondary N) is 2. The predicted molar refractivity (Wildman–Crippen MR) is 90.2 cm³/mol. The highest BCUT2D eigenvalue weighted by atomic mass is 32.1. The van der Waals surface area contributed by atoms with Crippen LogP contribution in [0.15, 0.2) is 30.3 Å². The largest absolute Gasteiger partial charge is 0.354 e. The van der Waals surface area contributed by atoms with Gasteiger partial charge in [0.15, 0.2) is 0 Å². The maximum atomic E-state index is 11.9. The van der Waals surface area contributed by atoms with E-state index in [2.05, 4.69) is 34.7 Å². The molecule has 1 aromatic heterocycles. The molecule has 0 saturated carbocycles. The van der Waals surface area contributed by atoms with Gasteiger partial charge in [-0.3, -0.25) is 9.59 Å². The number of amides is 2. The highest BCUT2D eigenvalue weighted by Gasteiger charge is 2.26. The summed E-state index contributed by atoms with van der Waals surface area (Å²) in [7, 11) is 0. The lowest BCUT2D eigenvalue weighted by Crippen LogP contribution is -2.42. The molecule has 2 N–H and O–H groups in total. The second kappa shape index (κ2) is 6.91. The molecule has 0 radical (unpaired) electrons. The molecule has 1 fully saturated rings. The second-order valence-electron chi connectivity index (χ2n) is 5.58. The van der Waals surface area contributed by atoms with Gasteiger partial charge in [-0.2, -0.15) is 0 Å². The van der Waals surface area contributed by atoms with Crippen LogP contribution in [0.2, 0.25) is 0 Å². The van der Waals surface area contributed by atoms with E-state index in [9.17, 15) is 9.59 Å². The van der Waals surface area contributed by atoms with Crippen LogP contribution in [0.1, 0.15) is 22.7 Å². The van der Waals surface area contributed by atoms with Crippen LogP contribution in [0.3, 0.4) is 0 Å². The summed E-state index contributed by atoms with van der Waals surface area (Å²) >= 11 is 1.66. The molecule has 0 aliphatic carbocycles. The average molecular weight is 329 g/mol. The molecule has 3 rings (SSSR count). The molecule has 1 atom stereocenters. The number of nitrogens with zero attached hydrogens (tertiary/aromatic N) is 1. The third-order valence-electron chi connectivity index (χ3n) is 3.84. The lowest BCUT2D eigenvalue weighted by Gasteiger charge is -2.09. The zero-order valence-electron chi connectivity index (χ0n) is 13.0. The van der Waals surface area contributed by atoms with Gasteiger partial charge in [0.1, 0.15) is 6.04 Å². The molecular weight excluding hydrogens is 310 g/mol. The monoisotopic (exact) mass is 329 g/mol. The van der Waals surface area contributed by atoms with Crippen LogP contribution in [-0.2, 0) is 16.0 Å². The summed E-state index contributed by atoms with van der Waals surface area (Å²) in [5, 5.41) is 6.56. The summed E-state index contributed by atoms with van der Waals surface area (Å²) < 4.78 is 0. The molecular formula is C17H19N3O2S. The highest BCUT2D eigenvalue weighted by Crippen LogP contribution is 2.27. The minimum Gasteiger partial charge on any atom is -0.354 e. The van der Waals surface area contributed by atoms with Crippen molar-refractivity contribution in [2.75, 3.05) is 6.54 Å². The summed E-state index contributed by atoms with van der Waals surface area (Å²) in [5.41, 5.74) is 2.13. The van der Waals surface area contributed by atoms with Gasteiger partial charge >= 0.3 is 0 Å². The number of thiazole rings is 1. The van der Waals surface area contributed by atoms with Crippen molar-refractivity contribution in [1.82, 2.24) is 15.6 Å². The summed E-state index contributed by atoms with van der Waals surface area (Å²) in [5.74, 6) is -0.152. The lowest BCUT2D eigenvalue weighted by molar-refractivity contribution is -0.125. The van der Waals surface area contributed by atoms with Crippen molar-refractivity contribution in [1.29, 1.82) is 0 Å². The van der Waals surface area contributed by atoms with Crippen molar-refractivity contribution < 1.29 is 9.59 Å². The number of aromatic nitrogens is 1. The number of hydrogen-bond acceptors (Lipinski definition) is 4. The molecule has 5 nitrogen and oxygen atoms in total. The van der Waals surface area contributed by atoms with Crippen molar-refractivity contribution in [3.8, 4) is 11.3 Å². The minimum atomic E-state index is -0.375. The maximum absolute atomic E-state index is 11.9. The quantitative estimate of drug-likeness (QED) is 0.882. The fourth-order valence-electron chi connectivity index (χ4n) is 2.65. The summed E-state index contributed by atoms with van der Waals surface area (Å²) in [6.45, 7) is 2.60. The highest BCUT2D eigenvalue weighted by molar-refractivity contribution is 7.12. The average Bonchev–Trinajstić information content (AvgIpc) is 3.14. The molecule has 1 saturated heterocycles. The van der Waals surface area contributed by atoms with E-state index in [1.165, 1.54) is 4.88 Å². The van der Waals surface area contributed by atoms with E-state index >= 15 is 0 Å². The van der Waals surface area contributed by atoms with Gasteiger partial charge in [-0.15, -0.1) is 11.3 Å². The lowest BCUT2D eigenvalue weighted by atomic mass is 10.1. The number of hydrogen-bond donors (Lipinski definition) is 2. The first-order valence-electron chi connectivity index (χ1n) is 7.72. The second-order valence-corrected chi connectivity index (χ2v) is 6.87. The third-order valence-corrected chi connectivity index (χ3v) is 4.87. The standard InChI is InChI=1S/C17H19N3O2S/c1-11-16(12-5-3-2-4-6-12)20-15(23-11)9-10-18-17(22)13-7-8-14(21)19-13/h2-6,13H,7-10H2,1H3,(H,18,22)(H,19,21). The van der Waals surface area contributed by atoms with Gasteiger partial charge < -0.3 is 10.6 Å². The van der Waals surface area contributed by atoms with E-state index < -0.39 is 0 Å². The Morgan fingerprint density at radius 2 is 2.17 bits per heavy atom. The van der Waals surface area contributed by atoms with Gasteiger partial charge in [-0.25, -0.2) is 4.98 Å². The third kappa shape index (κ3) is 3.76. The van der Waals surface area contributed by atoms with Crippen molar-refractivity contribution >= 4 is 23.2 Å². The van der Waals surface area contributed by atoms with Gasteiger partial charge in [0, 0.05) is 29.8 Å². The Balaban J connectivity index is 1.55. The van der Waals surface area contributed by atoms with E-state index in [4.69, 9.17) is 0 Å². The van der Waals surface area contributed by atoms with Crippen LogP contribution >= 0.6 is 11.3 Å². The maximum Gasteiger partial charge on any atom is 0.242 e. The summed E-state index contributed by atoms with van der Waals surface area (Å²) in [6, 6.07) is 9.73. The molecule has 0 spiro atoms. The van der Waals surface area contributed by atoms with Crippen molar-refractivity contribution in [3.05, 3.63) is 40.2 Å². The SMILES string of the molecule is Cc1sc(CCNC(=O)C2CCC(=O)N2)nc1-c1ccccc1. The Labute approximate surface area is 139 Å². The van der Waals surface area contributed by atoms with Gasteiger partial charge in [-0.05, 0) is 13.3 Å². The minimum absolute atomic E-state index is 0.0480. The Kier molecular flexibility index (Phi) is 4.71. The number of aryl methyl sites for hydroxylation is 1. The molecule has 1 aliphatic rings. The Hall–Kier alpha value is -2.21. The molecule has 2 amide bonds. The molecule has 1 aliphatic heterocycles. The molecule has 120 valence electrons. The summed E-state index contributed by atoms with van der Waals surface area (Å²) in [4.78, 5) is 28.9. The normalized spacial score (nSPS) is 17.1. The fraction of sp³-hybridized carbons (Fsp3) is 0.353. The van der Waals surface area contributed by atoms with Crippen LogP contribution in [0.5, 0.6) is 0 Å². The van der Waals surface area contributed by atoms with Gasteiger partial charge in [0.05, 0.1) is 10.7 Å². The number of rotatable bonds is 5. The molecule has 6 heteroatoms. The van der Waals surface area contributed by atoms with E-state index in [1.54, 1.807) is 11.3 Å². The number of benzene rings is 1. The van der Waals surface area contributed by atoms with Crippen LogP contribution in [-0.4, -0.2) is 29.4 Å². The van der Waals surface area contributed by atoms with E-state index in [1.807, 2.05) is 18.2 Å². The number of carbonyl (C=O) groups is 2. The Morgan fingerprint density at radius 3 is 2.87 bits per heavy atom. The van der Waals surface area contributed by atoms with Gasteiger partial charge in [0.25, 0.3) is 0 Å². The van der Waals surface area contributed by atoms with Crippen molar-refractivity contribution in [3.63, 3.8) is 0 Å². The molecule has 2 aromatic rings. The van der Waals surface area contributed by atoms with E-state index in [0.29, 0.717) is 25.8 Å². The zero-order chi connectivity index (χ0) is 16.2. The Morgan fingerprint density at radius 1 is 1.39 bits per heavy atom. The van der Waals surface area contributed by atoms with Crippen molar-refractivity contribution in [2.45, 2.75) is 32.2 Å². The van der Waals surface area contributed by atoms with Crippen LogP contribution in [0.4, 0.5) is 0 Å². The van der Waals surface area contributed by atoms with Gasteiger partial charge in [0.2, 0.25) is 11.8 Å². The fourth-order valence-corrected chi connectivity index (χ4v) is 3.60. The van der Waals surface area contributed by atoms with Crippen LogP contribution in [0, 0.1) is 6.92 Å². The first-order chi connectivity index (χ1) is 11.1. The first-order valence-corrected chi connectivity index (χ1v) is 8.54. The number of carbonyl (C=O) groups excluding carboxylic acids is 2. The molecule has 2 heterocycles. The molecule has 23 heavy (non-hydrogen) atoms. The predicted octanol–water partition coefficient (Wildman–Crippen LogP) is 2.06. The van der Waals surface area contributed by atoms with Crippen molar-refractivity contribution in [2.24, 2.45) is 0 Å². The van der Waals surface area contributed by atoms with Crippen LogP contribution < -0.4 is 10.6 Å². The smallest absolute Gasteiger partial charge is 0.242 e. The summed E-state index contributed by atoms with van der Waals surface area (Å²) in [6.07, 6.45) is 1.72. The van der Waals surface area contributed by atoms with E-state index in [0.717, 1.165) is 16.3 Å². The Bertz CT molecular complexity index is 712. The first kappa shape index (κ1) is 15.7. The van der Waals surface area contributed by atoms with Crippen LogP contribution in [0.25, 0.3) is 11.3 Å².